The summed E-state index contributed by atoms with van der Waals surface area (Å²) >= 11 is 7.96. The molecule has 0 fully saturated rings. The summed E-state index contributed by atoms with van der Waals surface area (Å²) in [5.74, 6) is -0.0472. The maximum Gasteiger partial charge on any atom is 0.165 e. The molecule has 1 aliphatic rings. The van der Waals surface area contributed by atoms with E-state index < -0.39 is 20.1 Å². The Labute approximate surface area is 178 Å². The summed E-state index contributed by atoms with van der Waals surface area (Å²) < 4.78 is 24.5. The summed E-state index contributed by atoms with van der Waals surface area (Å²) in [5, 5.41) is 8.78. The molecule has 0 saturated carbocycles. The highest BCUT2D eigenvalue weighted by Crippen LogP contribution is 2.45. The summed E-state index contributed by atoms with van der Waals surface area (Å²) in [6.07, 6.45) is 3.22. The number of sulfone groups is 1. The van der Waals surface area contributed by atoms with Gasteiger partial charge in [0.2, 0.25) is 0 Å². The molecule has 3 heterocycles. The third-order valence-electron chi connectivity index (χ3n) is 5.19. The number of nitrogens with zero attached hydrogens (tertiary/aromatic N) is 4. The lowest BCUT2D eigenvalue weighted by Gasteiger charge is -2.37. The highest BCUT2D eigenvalue weighted by Gasteiger charge is 2.49. The number of nitrogens with two attached hydrogens (primary N) is 1. The van der Waals surface area contributed by atoms with Crippen molar-refractivity contribution in [2.24, 2.45) is 10.7 Å². The minimum absolute atomic E-state index is 0.101. The minimum Gasteiger partial charge on any atom is -0.386 e. The third-order valence-corrected chi connectivity index (χ3v) is 9.74. The zero-order valence-electron chi connectivity index (χ0n) is 16.1. The molecule has 0 aliphatic carbocycles. The molecule has 2 N–H and O–H groups in total. The van der Waals surface area contributed by atoms with Crippen LogP contribution in [0.15, 0.2) is 47.7 Å². The SMILES string of the molecule is CC1(c2sc(-c3cccc(-n4nccn4)c3)cc2Cl)CS(=O)(=O)C(C)(C)C(N)=N1. The van der Waals surface area contributed by atoms with Crippen molar-refractivity contribution in [3.8, 4) is 16.1 Å². The smallest absolute Gasteiger partial charge is 0.165 e. The molecule has 1 aromatic carbocycles. The Balaban J connectivity index is 1.78. The van der Waals surface area contributed by atoms with Crippen molar-refractivity contribution < 1.29 is 8.42 Å². The van der Waals surface area contributed by atoms with Crippen LogP contribution in [0, 0.1) is 0 Å². The molecule has 3 aromatic rings. The topological polar surface area (TPSA) is 103 Å². The molecule has 0 amide bonds. The van der Waals surface area contributed by atoms with Crippen molar-refractivity contribution in [2.45, 2.75) is 31.1 Å². The normalized spacial score (nSPS) is 23.0. The summed E-state index contributed by atoms with van der Waals surface area (Å²) in [5.41, 5.74) is 6.77. The molecule has 29 heavy (non-hydrogen) atoms. The van der Waals surface area contributed by atoms with Gasteiger partial charge in [-0.2, -0.15) is 15.0 Å². The Morgan fingerprint density at radius 2 is 1.86 bits per heavy atom. The van der Waals surface area contributed by atoms with Crippen LogP contribution in [0.4, 0.5) is 0 Å². The van der Waals surface area contributed by atoms with Crippen molar-refractivity contribution >= 4 is 38.6 Å². The number of rotatable bonds is 3. The molecule has 1 atom stereocenters. The number of benzene rings is 1. The number of thiophene rings is 1. The van der Waals surface area contributed by atoms with Gasteiger partial charge >= 0.3 is 0 Å². The van der Waals surface area contributed by atoms with Crippen LogP contribution in [0.2, 0.25) is 5.02 Å². The molecule has 2 aromatic heterocycles. The molecule has 152 valence electrons. The molecule has 0 radical (unpaired) electrons. The molecular weight excluding hydrogens is 430 g/mol. The van der Waals surface area contributed by atoms with Crippen LogP contribution >= 0.6 is 22.9 Å². The Morgan fingerprint density at radius 1 is 1.17 bits per heavy atom. The van der Waals surface area contributed by atoms with Crippen LogP contribution in [-0.2, 0) is 15.4 Å². The number of hydrogen-bond donors (Lipinski definition) is 1. The van der Waals surface area contributed by atoms with Gasteiger partial charge < -0.3 is 5.73 Å². The molecule has 1 unspecified atom stereocenters. The highest BCUT2D eigenvalue weighted by molar-refractivity contribution is 7.93. The van der Waals surface area contributed by atoms with E-state index in [9.17, 15) is 8.42 Å². The molecule has 0 spiro atoms. The zero-order valence-corrected chi connectivity index (χ0v) is 18.5. The van der Waals surface area contributed by atoms with Crippen LogP contribution in [-0.4, -0.2) is 39.7 Å². The van der Waals surface area contributed by atoms with E-state index in [0.29, 0.717) is 9.90 Å². The number of halogens is 1. The van der Waals surface area contributed by atoms with Crippen molar-refractivity contribution in [2.75, 3.05) is 5.75 Å². The minimum atomic E-state index is -3.50. The van der Waals surface area contributed by atoms with Crippen molar-refractivity contribution in [1.82, 2.24) is 15.0 Å². The quantitative estimate of drug-likeness (QED) is 0.659. The van der Waals surface area contributed by atoms with Crippen LogP contribution < -0.4 is 5.73 Å². The second kappa shape index (κ2) is 6.65. The van der Waals surface area contributed by atoms with Crippen molar-refractivity contribution in [3.63, 3.8) is 0 Å². The van der Waals surface area contributed by atoms with Crippen molar-refractivity contribution in [1.29, 1.82) is 0 Å². The Hall–Kier alpha value is -2.23. The molecule has 7 nitrogen and oxygen atoms in total. The molecule has 1 aliphatic heterocycles. The van der Waals surface area contributed by atoms with Gasteiger partial charge in [0, 0.05) is 4.88 Å². The average Bonchev–Trinajstić information content (AvgIpc) is 3.30. The zero-order chi connectivity index (χ0) is 21.0. The van der Waals surface area contributed by atoms with Crippen LogP contribution in [0.25, 0.3) is 16.1 Å². The van der Waals surface area contributed by atoms with E-state index in [-0.39, 0.29) is 11.6 Å². The maximum atomic E-state index is 12.9. The first-order chi connectivity index (χ1) is 13.5. The van der Waals surface area contributed by atoms with E-state index in [0.717, 1.165) is 16.1 Å². The van der Waals surface area contributed by atoms with E-state index in [1.54, 1.807) is 33.2 Å². The summed E-state index contributed by atoms with van der Waals surface area (Å²) in [4.78, 5) is 7.68. The van der Waals surface area contributed by atoms with Gasteiger partial charge in [-0.05, 0) is 44.5 Å². The first kappa shape index (κ1) is 20.1. The molecule has 4 rings (SSSR count). The van der Waals surface area contributed by atoms with Gasteiger partial charge in [-0.25, -0.2) is 8.42 Å². The first-order valence-electron chi connectivity index (χ1n) is 8.88. The van der Waals surface area contributed by atoms with E-state index in [4.69, 9.17) is 17.3 Å². The molecule has 10 heteroatoms. The van der Waals surface area contributed by atoms with Gasteiger partial charge in [-0.15, -0.1) is 11.3 Å². The number of aromatic nitrogens is 3. The van der Waals surface area contributed by atoms with Crippen LogP contribution in [0.5, 0.6) is 0 Å². The Bertz CT molecular complexity index is 1220. The lowest BCUT2D eigenvalue weighted by atomic mass is 10.0. The van der Waals surface area contributed by atoms with Crippen LogP contribution in [0.1, 0.15) is 25.6 Å². The van der Waals surface area contributed by atoms with Gasteiger partial charge in [0.1, 0.15) is 16.1 Å². The maximum absolute atomic E-state index is 12.9. The number of aliphatic imine (C=N–C) groups is 1. The summed E-state index contributed by atoms with van der Waals surface area (Å²) in [6.45, 7) is 4.92. The lowest BCUT2D eigenvalue weighted by Crippen LogP contribution is -2.54. The van der Waals surface area contributed by atoms with Gasteiger partial charge in [0.05, 0.1) is 33.7 Å². The second-order valence-electron chi connectivity index (χ2n) is 7.70. The second-order valence-corrected chi connectivity index (χ2v) is 11.7. The number of hydrogen-bond acceptors (Lipinski definition) is 7. The average molecular weight is 450 g/mol. The standard InChI is InChI=1S/C19H20ClN5O2S2/c1-18(2)17(21)24-19(3,11-29(18,26)27)16-14(20)10-15(28-16)12-5-4-6-13(9-12)25-22-7-8-23-25/h4-10H,11H2,1-3H3,(H2,21,24). The van der Waals surface area contributed by atoms with Gasteiger partial charge in [-0.3, -0.25) is 4.99 Å². The fourth-order valence-electron chi connectivity index (χ4n) is 3.27. The van der Waals surface area contributed by atoms with Gasteiger partial charge in [0.15, 0.2) is 9.84 Å². The van der Waals surface area contributed by atoms with Crippen molar-refractivity contribution in [3.05, 3.63) is 52.6 Å². The number of amidine groups is 1. The fraction of sp³-hybridized carbons (Fsp3) is 0.316. The lowest BCUT2D eigenvalue weighted by molar-refractivity contribution is 0.507. The highest BCUT2D eigenvalue weighted by atomic mass is 35.5. The summed E-state index contributed by atoms with van der Waals surface area (Å²) in [7, 11) is -3.50. The van der Waals surface area contributed by atoms with E-state index in [1.165, 1.54) is 16.1 Å². The van der Waals surface area contributed by atoms with E-state index in [2.05, 4.69) is 15.2 Å². The predicted octanol–water partition coefficient (Wildman–Crippen LogP) is 3.43. The monoisotopic (exact) mass is 449 g/mol. The van der Waals surface area contributed by atoms with Crippen LogP contribution in [0.3, 0.4) is 0 Å². The van der Waals surface area contributed by atoms with E-state index >= 15 is 0 Å². The van der Waals surface area contributed by atoms with Gasteiger partial charge in [-0.1, -0.05) is 23.7 Å². The molecule has 0 saturated heterocycles. The van der Waals surface area contributed by atoms with E-state index in [1.807, 2.05) is 30.3 Å². The molecule has 0 bridgehead atoms. The van der Waals surface area contributed by atoms with Gasteiger partial charge in [0.25, 0.3) is 0 Å². The first-order valence-corrected chi connectivity index (χ1v) is 11.7. The Morgan fingerprint density at radius 3 is 2.52 bits per heavy atom. The Kier molecular flexibility index (Phi) is 4.60. The third kappa shape index (κ3) is 3.27. The fourth-order valence-corrected chi connectivity index (χ4v) is 6.66. The summed E-state index contributed by atoms with van der Waals surface area (Å²) in [6, 6.07) is 9.56. The predicted molar refractivity (Wildman–Crippen MR) is 117 cm³/mol. The largest absolute Gasteiger partial charge is 0.386 e. The molecular formula is C19H20ClN5O2S2.